The summed E-state index contributed by atoms with van der Waals surface area (Å²) >= 11 is 0. The maximum Gasteiger partial charge on any atom is 0.132 e. The van der Waals surface area contributed by atoms with Crippen LogP contribution in [0.4, 0.5) is 4.39 Å². The molecule has 0 heterocycles. The average molecular weight is 182 g/mol. The zero-order chi connectivity index (χ0) is 9.31. The van der Waals surface area contributed by atoms with Gasteiger partial charge in [0.2, 0.25) is 0 Å². The van der Waals surface area contributed by atoms with Crippen molar-refractivity contribution in [1.82, 2.24) is 0 Å². The van der Waals surface area contributed by atoms with Crippen molar-refractivity contribution in [2.75, 3.05) is 6.61 Å². The SMILES string of the molecule is OCC1(Oc2cccc(F)c2)CC1. The Morgan fingerprint density at radius 3 is 2.77 bits per heavy atom. The van der Waals surface area contributed by atoms with E-state index in [0.717, 1.165) is 12.8 Å². The van der Waals surface area contributed by atoms with Crippen LogP contribution in [0.1, 0.15) is 12.8 Å². The van der Waals surface area contributed by atoms with Crippen molar-refractivity contribution in [3.8, 4) is 5.75 Å². The first kappa shape index (κ1) is 8.51. The quantitative estimate of drug-likeness (QED) is 0.771. The van der Waals surface area contributed by atoms with Crippen LogP contribution >= 0.6 is 0 Å². The standard InChI is InChI=1S/C10H11FO2/c11-8-2-1-3-9(6-8)13-10(7-12)4-5-10/h1-3,6,12H,4-5,7H2. The fraction of sp³-hybridized carbons (Fsp3) is 0.400. The van der Waals surface area contributed by atoms with E-state index in [0.29, 0.717) is 5.75 Å². The maximum atomic E-state index is 12.7. The van der Waals surface area contributed by atoms with E-state index in [1.165, 1.54) is 12.1 Å². The van der Waals surface area contributed by atoms with Crippen LogP contribution in [-0.2, 0) is 0 Å². The predicted octanol–water partition coefficient (Wildman–Crippen LogP) is 1.73. The molecular weight excluding hydrogens is 171 g/mol. The largest absolute Gasteiger partial charge is 0.485 e. The lowest BCUT2D eigenvalue weighted by atomic mass is 10.3. The molecule has 1 aliphatic carbocycles. The molecule has 1 aliphatic rings. The number of hydrogen-bond acceptors (Lipinski definition) is 2. The molecule has 0 bridgehead atoms. The smallest absolute Gasteiger partial charge is 0.132 e. The number of hydrogen-bond donors (Lipinski definition) is 1. The Morgan fingerprint density at radius 1 is 1.46 bits per heavy atom. The summed E-state index contributed by atoms with van der Waals surface area (Å²) in [4.78, 5) is 0. The molecule has 0 atom stereocenters. The van der Waals surface area contributed by atoms with Crippen LogP contribution in [-0.4, -0.2) is 17.3 Å². The molecule has 0 unspecified atom stereocenters. The van der Waals surface area contributed by atoms with Gasteiger partial charge in [-0.25, -0.2) is 4.39 Å². The summed E-state index contributed by atoms with van der Waals surface area (Å²) in [7, 11) is 0. The summed E-state index contributed by atoms with van der Waals surface area (Å²) in [6.45, 7) is 0.00349. The second-order valence-electron chi connectivity index (χ2n) is 3.40. The van der Waals surface area contributed by atoms with Crippen molar-refractivity contribution in [3.63, 3.8) is 0 Å². The third-order valence-corrected chi connectivity index (χ3v) is 2.23. The van der Waals surface area contributed by atoms with Crippen molar-refractivity contribution >= 4 is 0 Å². The van der Waals surface area contributed by atoms with Crippen LogP contribution in [0.2, 0.25) is 0 Å². The first-order valence-corrected chi connectivity index (χ1v) is 4.30. The molecule has 70 valence electrons. The maximum absolute atomic E-state index is 12.7. The molecule has 0 spiro atoms. The van der Waals surface area contributed by atoms with E-state index in [-0.39, 0.29) is 12.4 Å². The van der Waals surface area contributed by atoms with Crippen LogP contribution in [0.3, 0.4) is 0 Å². The Hall–Kier alpha value is -1.09. The molecule has 3 heteroatoms. The van der Waals surface area contributed by atoms with Gasteiger partial charge in [0.25, 0.3) is 0 Å². The van der Waals surface area contributed by atoms with Gasteiger partial charge in [-0.15, -0.1) is 0 Å². The molecule has 0 amide bonds. The second-order valence-corrected chi connectivity index (χ2v) is 3.40. The van der Waals surface area contributed by atoms with Crippen molar-refractivity contribution < 1.29 is 14.2 Å². The monoisotopic (exact) mass is 182 g/mol. The van der Waals surface area contributed by atoms with Crippen molar-refractivity contribution in [2.45, 2.75) is 18.4 Å². The molecule has 0 aromatic heterocycles. The molecule has 1 aromatic rings. The third kappa shape index (κ3) is 1.80. The molecule has 1 fully saturated rings. The van der Waals surface area contributed by atoms with Crippen LogP contribution < -0.4 is 4.74 Å². The van der Waals surface area contributed by atoms with Gasteiger partial charge >= 0.3 is 0 Å². The van der Waals surface area contributed by atoms with E-state index in [4.69, 9.17) is 9.84 Å². The Bertz CT molecular complexity index is 308. The average Bonchev–Trinajstić information content (AvgIpc) is 2.86. The van der Waals surface area contributed by atoms with Gasteiger partial charge in [-0.3, -0.25) is 0 Å². The predicted molar refractivity (Wildman–Crippen MR) is 46.1 cm³/mol. The molecule has 0 aliphatic heterocycles. The number of aliphatic hydroxyl groups excluding tert-OH is 1. The highest BCUT2D eigenvalue weighted by Gasteiger charge is 2.44. The van der Waals surface area contributed by atoms with E-state index >= 15 is 0 Å². The highest BCUT2D eigenvalue weighted by molar-refractivity contribution is 5.24. The summed E-state index contributed by atoms with van der Waals surface area (Å²) in [5.74, 6) is 0.179. The number of benzene rings is 1. The molecule has 1 aromatic carbocycles. The highest BCUT2D eigenvalue weighted by atomic mass is 19.1. The Labute approximate surface area is 76.0 Å². The van der Waals surface area contributed by atoms with Crippen LogP contribution in [0, 0.1) is 5.82 Å². The first-order valence-electron chi connectivity index (χ1n) is 4.30. The molecule has 13 heavy (non-hydrogen) atoms. The molecular formula is C10H11FO2. The lowest BCUT2D eigenvalue weighted by molar-refractivity contribution is 0.0950. The second kappa shape index (κ2) is 3.00. The van der Waals surface area contributed by atoms with Gasteiger partial charge in [0.15, 0.2) is 0 Å². The normalized spacial score (nSPS) is 18.3. The number of halogens is 1. The van der Waals surface area contributed by atoms with Gasteiger partial charge in [-0.2, -0.15) is 0 Å². The minimum Gasteiger partial charge on any atom is -0.485 e. The summed E-state index contributed by atoms with van der Waals surface area (Å²) in [5, 5.41) is 8.97. The molecule has 2 nitrogen and oxygen atoms in total. The minimum absolute atomic E-state index is 0.00349. The van der Waals surface area contributed by atoms with E-state index in [1.54, 1.807) is 12.1 Å². The van der Waals surface area contributed by atoms with Crippen molar-refractivity contribution in [1.29, 1.82) is 0 Å². The number of ether oxygens (including phenoxy) is 1. The molecule has 0 saturated heterocycles. The first-order chi connectivity index (χ1) is 6.24. The Morgan fingerprint density at radius 2 is 2.23 bits per heavy atom. The zero-order valence-corrected chi connectivity index (χ0v) is 7.16. The summed E-state index contributed by atoms with van der Waals surface area (Å²) < 4.78 is 18.2. The zero-order valence-electron chi connectivity index (χ0n) is 7.16. The van der Waals surface area contributed by atoms with Gasteiger partial charge in [0.05, 0.1) is 6.61 Å². The van der Waals surface area contributed by atoms with E-state index in [1.807, 2.05) is 0 Å². The van der Waals surface area contributed by atoms with Crippen LogP contribution in [0.15, 0.2) is 24.3 Å². The van der Waals surface area contributed by atoms with Crippen LogP contribution in [0.25, 0.3) is 0 Å². The summed E-state index contributed by atoms with van der Waals surface area (Å²) in [6, 6.07) is 5.98. The van der Waals surface area contributed by atoms with Gasteiger partial charge < -0.3 is 9.84 Å². The summed E-state index contributed by atoms with van der Waals surface area (Å²) in [5.41, 5.74) is -0.423. The fourth-order valence-electron chi connectivity index (χ4n) is 1.21. The highest BCUT2D eigenvalue weighted by Crippen LogP contribution is 2.39. The van der Waals surface area contributed by atoms with Crippen LogP contribution in [0.5, 0.6) is 5.75 Å². The third-order valence-electron chi connectivity index (χ3n) is 2.23. The Kier molecular flexibility index (Phi) is 1.96. The lowest BCUT2D eigenvalue weighted by Crippen LogP contribution is -2.22. The summed E-state index contributed by atoms with van der Waals surface area (Å²) in [6.07, 6.45) is 1.69. The lowest BCUT2D eigenvalue weighted by Gasteiger charge is -2.14. The molecule has 1 saturated carbocycles. The minimum atomic E-state index is -0.423. The van der Waals surface area contributed by atoms with Gasteiger partial charge in [0, 0.05) is 6.07 Å². The molecule has 1 N–H and O–H groups in total. The number of aliphatic hydroxyl groups is 1. The van der Waals surface area contributed by atoms with Gasteiger partial charge in [-0.1, -0.05) is 6.07 Å². The van der Waals surface area contributed by atoms with E-state index < -0.39 is 5.60 Å². The topological polar surface area (TPSA) is 29.5 Å². The number of rotatable bonds is 3. The van der Waals surface area contributed by atoms with Crippen molar-refractivity contribution in [2.24, 2.45) is 0 Å². The van der Waals surface area contributed by atoms with E-state index in [9.17, 15) is 4.39 Å². The molecule has 2 rings (SSSR count). The Balaban J connectivity index is 2.09. The van der Waals surface area contributed by atoms with Crippen molar-refractivity contribution in [3.05, 3.63) is 30.1 Å². The molecule has 0 radical (unpaired) electrons. The fourth-order valence-corrected chi connectivity index (χ4v) is 1.21. The van der Waals surface area contributed by atoms with E-state index in [2.05, 4.69) is 0 Å². The van der Waals surface area contributed by atoms with Gasteiger partial charge in [-0.05, 0) is 25.0 Å². The van der Waals surface area contributed by atoms with Gasteiger partial charge in [0.1, 0.15) is 17.2 Å².